The number of nitrogens with zero attached hydrogens (tertiary/aromatic N) is 1. The highest BCUT2D eigenvalue weighted by atomic mass is 14.9. The third kappa shape index (κ3) is 1.97. The van der Waals surface area contributed by atoms with Gasteiger partial charge in [0.05, 0.1) is 17.6 Å². The van der Waals surface area contributed by atoms with Gasteiger partial charge in [-0.3, -0.25) is 4.98 Å². The van der Waals surface area contributed by atoms with E-state index in [1.165, 1.54) is 0 Å². The van der Waals surface area contributed by atoms with Gasteiger partial charge in [0.2, 0.25) is 0 Å². The quantitative estimate of drug-likeness (QED) is 0.636. The Hall–Kier alpha value is -1.51. The Kier molecular flexibility index (Phi) is 2.49. The van der Waals surface area contributed by atoms with Crippen LogP contribution in [0.1, 0.15) is 0 Å². The molecule has 3 heteroatoms. The van der Waals surface area contributed by atoms with Crippen molar-refractivity contribution in [3.63, 3.8) is 0 Å². The van der Waals surface area contributed by atoms with Crippen molar-refractivity contribution in [3.8, 4) is 0 Å². The first-order valence-corrected chi connectivity index (χ1v) is 3.39. The van der Waals surface area contributed by atoms with Crippen LogP contribution in [0.15, 0.2) is 31.1 Å². The average Bonchev–Trinajstić information content (AvgIpc) is 2.03. The Bertz CT molecular complexity index is 245. The highest BCUT2D eigenvalue weighted by molar-refractivity contribution is 5.64. The van der Waals surface area contributed by atoms with Gasteiger partial charge < -0.3 is 11.1 Å². The summed E-state index contributed by atoms with van der Waals surface area (Å²) in [7, 11) is 0. The van der Waals surface area contributed by atoms with Crippen LogP contribution in [0.4, 0.5) is 11.4 Å². The standard InChI is InChI=1S/C8H11N3/c1-2-4-11-8-3-5-10-6-7(8)9/h2-3,5-6H,1,4,9H2,(H,10,11). The van der Waals surface area contributed by atoms with Crippen molar-refractivity contribution in [3.05, 3.63) is 31.1 Å². The van der Waals surface area contributed by atoms with Gasteiger partial charge in [-0.05, 0) is 6.07 Å². The summed E-state index contributed by atoms with van der Waals surface area (Å²) < 4.78 is 0. The molecule has 0 amide bonds. The van der Waals surface area contributed by atoms with Gasteiger partial charge in [-0.25, -0.2) is 0 Å². The number of pyridine rings is 1. The monoisotopic (exact) mass is 149 g/mol. The number of aromatic nitrogens is 1. The van der Waals surface area contributed by atoms with Crippen molar-refractivity contribution in [2.45, 2.75) is 0 Å². The molecule has 58 valence electrons. The second kappa shape index (κ2) is 3.61. The van der Waals surface area contributed by atoms with Crippen LogP contribution in [0.25, 0.3) is 0 Å². The number of rotatable bonds is 3. The molecule has 0 atom stereocenters. The number of hydrogen-bond donors (Lipinski definition) is 2. The molecule has 3 nitrogen and oxygen atoms in total. The molecule has 0 aliphatic rings. The van der Waals surface area contributed by atoms with Crippen LogP contribution < -0.4 is 11.1 Å². The molecule has 0 bridgehead atoms. The lowest BCUT2D eigenvalue weighted by Crippen LogP contribution is -2.01. The maximum atomic E-state index is 5.60. The zero-order valence-electron chi connectivity index (χ0n) is 6.25. The molecule has 0 aliphatic heterocycles. The van der Waals surface area contributed by atoms with Gasteiger partial charge in [0.1, 0.15) is 0 Å². The molecule has 0 spiro atoms. The van der Waals surface area contributed by atoms with E-state index in [4.69, 9.17) is 5.73 Å². The predicted octanol–water partition coefficient (Wildman–Crippen LogP) is 1.26. The number of nitrogen functional groups attached to an aromatic ring is 1. The Morgan fingerprint density at radius 3 is 3.18 bits per heavy atom. The molecule has 1 aromatic heterocycles. The number of hydrogen-bond acceptors (Lipinski definition) is 3. The Morgan fingerprint density at radius 1 is 1.73 bits per heavy atom. The maximum absolute atomic E-state index is 5.60. The van der Waals surface area contributed by atoms with Gasteiger partial charge in [0, 0.05) is 12.7 Å². The van der Waals surface area contributed by atoms with E-state index in [1.54, 1.807) is 18.5 Å². The first kappa shape index (κ1) is 7.60. The lowest BCUT2D eigenvalue weighted by atomic mass is 10.3. The van der Waals surface area contributed by atoms with Crippen molar-refractivity contribution in [2.24, 2.45) is 0 Å². The van der Waals surface area contributed by atoms with Crippen molar-refractivity contribution in [1.82, 2.24) is 4.98 Å². The van der Waals surface area contributed by atoms with Crippen molar-refractivity contribution in [2.75, 3.05) is 17.6 Å². The molecule has 0 aromatic carbocycles. The molecular formula is C8H11N3. The molecule has 0 unspecified atom stereocenters. The zero-order valence-corrected chi connectivity index (χ0v) is 6.25. The summed E-state index contributed by atoms with van der Waals surface area (Å²) in [5, 5.41) is 3.08. The molecule has 0 fully saturated rings. The van der Waals surface area contributed by atoms with E-state index in [1.807, 2.05) is 6.07 Å². The second-order valence-electron chi connectivity index (χ2n) is 2.13. The first-order valence-electron chi connectivity index (χ1n) is 3.39. The van der Waals surface area contributed by atoms with Crippen LogP contribution in [-0.4, -0.2) is 11.5 Å². The molecule has 0 aliphatic carbocycles. The third-order valence-corrected chi connectivity index (χ3v) is 1.29. The number of anilines is 2. The zero-order chi connectivity index (χ0) is 8.10. The van der Waals surface area contributed by atoms with Gasteiger partial charge in [-0.15, -0.1) is 6.58 Å². The van der Waals surface area contributed by atoms with Crippen LogP contribution in [0.5, 0.6) is 0 Å². The largest absolute Gasteiger partial charge is 0.396 e. The van der Waals surface area contributed by atoms with Crippen molar-refractivity contribution in [1.29, 1.82) is 0 Å². The van der Waals surface area contributed by atoms with Gasteiger partial charge in [-0.2, -0.15) is 0 Å². The summed E-state index contributed by atoms with van der Waals surface area (Å²) in [6.45, 7) is 4.30. The molecule has 0 saturated heterocycles. The first-order chi connectivity index (χ1) is 5.34. The molecule has 1 heterocycles. The van der Waals surface area contributed by atoms with E-state index in [0.717, 1.165) is 5.69 Å². The Morgan fingerprint density at radius 2 is 2.55 bits per heavy atom. The van der Waals surface area contributed by atoms with Gasteiger partial charge in [0.15, 0.2) is 0 Å². The molecule has 0 saturated carbocycles. The molecule has 1 rings (SSSR count). The fraction of sp³-hybridized carbons (Fsp3) is 0.125. The van der Waals surface area contributed by atoms with Crippen molar-refractivity contribution < 1.29 is 0 Å². The lowest BCUT2D eigenvalue weighted by molar-refractivity contribution is 1.29. The van der Waals surface area contributed by atoms with Gasteiger partial charge in [-0.1, -0.05) is 6.08 Å². The van der Waals surface area contributed by atoms with Crippen LogP contribution >= 0.6 is 0 Å². The average molecular weight is 149 g/mol. The van der Waals surface area contributed by atoms with Crippen LogP contribution in [-0.2, 0) is 0 Å². The second-order valence-corrected chi connectivity index (χ2v) is 2.13. The van der Waals surface area contributed by atoms with Crippen molar-refractivity contribution >= 4 is 11.4 Å². The highest BCUT2D eigenvalue weighted by Gasteiger charge is 1.93. The SMILES string of the molecule is C=CCNc1ccncc1N. The maximum Gasteiger partial charge on any atom is 0.0736 e. The van der Waals surface area contributed by atoms with E-state index >= 15 is 0 Å². The number of nitrogens with one attached hydrogen (secondary N) is 1. The minimum Gasteiger partial charge on any atom is -0.396 e. The predicted molar refractivity (Wildman–Crippen MR) is 47.3 cm³/mol. The summed E-state index contributed by atoms with van der Waals surface area (Å²) in [5.41, 5.74) is 7.17. The van der Waals surface area contributed by atoms with Crippen LogP contribution in [0.3, 0.4) is 0 Å². The normalized spacial score (nSPS) is 9.09. The highest BCUT2D eigenvalue weighted by Crippen LogP contribution is 2.14. The van der Waals surface area contributed by atoms with Gasteiger partial charge >= 0.3 is 0 Å². The van der Waals surface area contributed by atoms with E-state index in [2.05, 4.69) is 16.9 Å². The Labute approximate surface area is 65.9 Å². The smallest absolute Gasteiger partial charge is 0.0736 e. The van der Waals surface area contributed by atoms with Crippen LogP contribution in [0.2, 0.25) is 0 Å². The third-order valence-electron chi connectivity index (χ3n) is 1.29. The fourth-order valence-corrected chi connectivity index (χ4v) is 0.750. The fourth-order valence-electron chi connectivity index (χ4n) is 0.750. The molecule has 3 N–H and O–H groups in total. The minimum atomic E-state index is 0.661. The molecular weight excluding hydrogens is 138 g/mol. The summed E-state index contributed by atoms with van der Waals surface area (Å²) in [5.74, 6) is 0. The number of nitrogens with two attached hydrogens (primary N) is 1. The molecule has 0 radical (unpaired) electrons. The molecule has 11 heavy (non-hydrogen) atoms. The topological polar surface area (TPSA) is 50.9 Å². The van der Waals surface area contributed by atoms with Gasteiger partial charge in [0.25, 0.3) is 0 Å². The Balaban J connectivity index is 2.69. The van der Waals surface area contributed by atoms with E-state index in [0.29, 0.717) is 12.2 Å². The summed E-state index contributed by atoms with van der Waals surface area (Å²) in [4.78, 5) is 3.86. The van der Waals surface area contributed by atoms with E-state index in [-0.39, 0.29) is 0 Å². The summed E-state index contributed by atoms with van der Waals surface area (Å²) in [6.07, 6.45) is 5.09. The van der Waals surface area contributed by atoms with E-state index in [9.17, 15) is 0 Å². The molecule has 1 aromatic rings. The summed E-state index contributed by atoms with van der Waals surface area (Å²) >= 11 is 0. The van der Waals surface area contributed by atoms with E-state index < -0.39 is 0 Å². The minimum absolute atomic E-state index is 0.661. The summed E-state index contributed by atoms with van der Waals surface area (Å²) in [6, 6.07) is 1.83. The van der Waals surface area contributed by atoms with Crippen LogP contribution in [0, 0.1) is 0 Å². The lowest BCUT2D eigenvalue weighted by Gasteiger charge is -2.04.